The molecule has 1 aromatic rings. The number of amidine groups is 1. The summed E-state index contributed by atoms with van der Waals surface area (Å²) >= 11 is 1.80. The SMILES string of the molecule is CSCC(C)N(C)c1cccnc1C(=N)N. The Morgan fingerprint density at radius 2 is 2.38 bits per heavy atom. The second-order valence-electron chi connectivity index (χ2n) is 3.70. The van der Waals surface area contributed by atoms with E-state index in [-0.39, 0.29) is 5.84 Å². The Morgan fingerprint density at radius 3 is 2.94 bits per heavy atom. The Morgan fingerprint density at radius 1 is 1.69 bits per heavy atom. The smallest absolute Gasteiger partial charge is 0.143 e. The van der Waals surface area contributed by atoms with Crippen molar-refractivity contribution in [3.63, 3.8) is 0 Å². The van der Waals surface area contributed by atoms with E-state index in [0.29, 0.717) is 11.7 Å². The number of hydrogen-bond acceptors (Lipinski definition) is 4. The monoisotopic (exact) mass is 238 g/mol. The molecule has 0 amide bonds. The molecule has 0 saturated carbocycles. The first-order chi connectivity index (χ1) is 7.57. The topological polar surface area (TPSA) is 66.0 Å². The zero-order valence-corrected chi connectivity index (χ0v) is 10.7. The molecule has 0 aromatic carbocycles. The first-order valence-electron chi connectivity index (χ1n) is 5.09. The van der Waals surface area contributed by atoms with E-state index < -0.39 is 0 Å². The largest absolute Gasteiger partial charge is 0.382 e. The zero-order chi connectivity index (χ0) is 12.1. The van der Waals surface area contributed by atoms with Crippen LogP contribution in [-0.4, -0.2) is 35.9 Å². The summed E-state index contributed by atoms with van der Waals surface area (Å²) in [6.45, 7) is 2.15. The molecule has 16 heavy (non-hydrogen) atoms. The van der Waals surface area contributed by atoms with Crippen LogP contribution in [0.5, 0.6) is 0 Å². The van der Waals surface area contributed by atoms with Gasteiger partial charge >= 0.3 is 0 Å². The van der Waals surface area contributed by atoms with Crippen LogP contribution in [0.1, 0.15) is 12.6 Å². The fourth-order valence-electron chi connectivity index (χ4n) is 1.48. The van der Waals surface area contributed by atoms with Gasteiger partial charge in [-0.1, -0.05) is 0 Å². The molecule has 0 aliphatic rings. The lowest BCUT2D eigenvalue weighted by atomic mass is 10.2. The van der Waals surface area contributed by atoms with Crippen molar-refractivity contribution >= 4 is 23.3 Å². The van der Waals surface area contributed by atoms with Gasteiger partial charge in [0, 0.05) is 25.0 Å². The summed E-state index contributed by atoms with van der Waals surface area (Å²) in [6, 6.07) is 4.20. The molecule has 0 saturated heterocycles. The average Bonchev–Trinajstić information content (AvgIpc) is 2.28. The summed E-state index contributed by atoms with van der Waals surface area (Å²) in [5, 5.41) is 7.50. The summed E-state index contributed by atoms with van der Waals surface area (Å²) in [5.41, 5.74) is 6.98. The van der Waals surface area contributed by atoms with Crippen LogP contribution in [0, 0.1) is 5.41 Å². The number of nitrogens with two attached hydrogens (primary N) is 1. The molecule has 1 aromatic heterocycles. The van der Waals surface area contributed by atoms with Crippen molar-refractivity contribution < 1.29 is 0 Å². The standard InChI is InChI=1S/C11H18N4S/c1-8(7-16-3)15(2)9-5-4-6-14-10(9)11(12)13/h4-6,8H,7H2,1-3H3,(H3,12,13). The minimum absolute atomic E-state index is 0.0128. The highest BCUT2D eigenvalue weighted by atomic mass is 32.2. The molecule has 1 atom stereocenters. The highest BCUT2D eigenvalue weighted by Crippen LogP contribution is 2.19. The predicted octanol–water partition coefficient (Wildman–Crippen LogP) is 1.55. The summed E-state index contributed by atoms with van der Waals surface area (Å²) in [4.78, 5) is 6.26. The first-order valence-corrected chi connectivity index (χ1v) is 6.48. The quantitative estimate of drug-likeness (QED) is 0.603. The molecule has 1 rings (SSSR count). The predicted molar refractivity (Wildman–Crippen MR) is 71.5 cm³/mol. The summed E-state index contributed by atoms with van der Waals surface area (Å²) in [6.07, 6.45) is 3.74. The molecule has 88 valence electrons. The van der Waals surface area contributed by atoms with E-state index in [1.165, 1.54) is 0 Å². The van der Waals surface area contributed by atoms with E-state index in [1.807, 2.05) is 19.2 Å². The van der Waals surface area contributed by atoms with Crippen molar-refractivity contribution in [3.8, 4) is 0 Å². The molecule has 0 aliphatic carbocycles. The second-order valence-corrected chi connectivity index (χ2v) is 4.61. The van der Waals surface area contributed by atoms with Crippen LogP contribution < -0.4 is 10.6 Å². The minimum atomic E-state index is 0.0128. The number of thioether (sulfide) groups is 1. The Kier molecular flexibility index (Phi) is 4.61. The number of nitrogen functional groups attached to an aromatic ring is 1. The van der Waals surface area contributed by atoms with E-state index in [1.54, 1.807) is 18.0 Å². The molecule has 0 spiro atoms. The van der Waals surface area contributed by atoms with Gasteiger partial charge in [-0.05, 0) is 25.3 Å². The molecule has 0 fully saturated rings. The van der Waals surface area contributed by atoms with Gasteiger partial charge in [0.25, 0.3) is 0 Å². The van der Waals surface area contributed by atoms with Crippen LogP contribution in [0.25, 0.3) is 0 Å². The van der Waals surface area contributed by atoms with E-state index in [2.05, 4.69) is 23.1 Å². The van der Waals surface area contributed by atoms with E-state index >= 15 is 0 Å². The minimum Gasteiger partial charge on any atom is -0.382 e. The number of hydrogen-bond donors (Lipinski definition) is 2. The van der Waals surface area contributed by atoms with Crippen molar-refractivity contribution in [2.75, 3.05) is 24.0 Å². The van der Waals surface area contributed by atoms with E-state index in [9.17, 15) is 0 Å². The molecule has 4 nitrogen and oxygen atoms in total. The number of nitrogens with zero attached hydrogens (tertiary/aromatic N) is 2. The maximum Gasteiger partial charge on any atom is 0.143 e. The maximum absolute atomic E-state index is 7.50. The van der Waals surface area contributed by atoms with Crippen molar-refractivity contribution in [3.05, 3.63) is 24.0 Å². The Hall–Kier alpha value is -1.23. The molecule has 3 N–H and O–H groups in total. The van der Waals surface area contributed by atoms with Crippen LogP contribution in [-0.2, 0) is 0 Å². The molecular formula is C11H18N4S. The normalized spacial score (nSPS) is 12.2. The molecule has 1 heterocycles. The van der Waals surface area contributed by atoms with Crippen LogP contribution in [0.3, 0.4) is 0 Å². The first kappa shape index (κ1) is 12.8. The fourth-order valence-corrected chi connectivity index (χ4v) is 2.19. The van der Waals surface area contributed by atoms with Gasteiger partial charge in [-0.3, -0.25) is 10.4 Å². The highest BCUT2D eigenvalue weighted by Gasteiger charge is 2.14. The van der Waals surface area contributed by atoms with E-state index in [0.717, 1.165) is 11.4 Å². The zero-order valence-electron chi connectivity index (χ0n) is 9.90. The van der Waals surface area contributed by atoms with Gasteiger partial charge in [-0.2, -0.15) is 11.8 Å². The van der Waals surface area contributed by atoms with Gasteiger partial charge in [0.05, 0.1) is 5.69 Å². The fraction of sp³-hybridized carbons (Fsp3) is 0.455. The molecule has 5 heteroatoms. The van der Waals surface area contributed by atoms with Crippen LogP contribution in [0.4, 0.5) is 5.69 Å². The third kappa shape index (κ3) is 2.88. The molecule has 0 bridgehead atoms. The number of anilines is 1. The van der Waals surface area contributed by atoms with Gasteiger partial charge in [-0.15, -0.1) is 0 Å². The van der Waals surface area contributed by atoms with Gasteiger partial charge in [-0.25, -0.2) is 0 Å². The summed E-state index contributed by atoms with van der Waals surface area (Å²) in [5.74, 6) is 1.04. The van der Waals surface area contributed by atoms with E-state index in [4.69, 9.17) is 11.1 Å². The number of pyridine rings is 1. The Balaban J connectivity index is 2.98. The maximum atomic E-state index is 7.50. The van der Waals surface area contributed by atoms with Crippen LogP contribution in [0.2, 0.25) is 0 Å². The Bertz CT molecular complexity index is 367. The van der Waals surface area contributed by atoms with Gasteiger partial charge in [0.1, 0.15) is 11.5 Å². The molecule has 0 aliphatic heterocycles. The third-order valence-electron chi connectivity index (χ3n) is 2.49. The Labute approximate surface area is 101 Å². The number of aromatic nitrogens is 1. The molecule has 1 unspecified atom stereocenters. The molecular weight excluding hydrogens is 220 g/mol. The van der Waals surface area contributed by atoms with Crippen molar-refractivity contribution in [2.24, 2.45) is 5.73 Å². The lowest BCUT2D eigenvalue weighted by Crippen LogP contribution is -2.33. The average molecular weight is 238 g/mol. The van der Waals surface area contributed by atoms with Gasteiger partial charge in [0.15, 0.2) is 0 Å². The second kappa shape index (κ2) is 5.75. The van der Waals surface area contributed by atoms with Crippen molar-refractivity contribution in [2.45, 2.75) is 13.0 Å². The van der Waals surface area contributed by atoms with Crippen LogP contribution >= 0.6 is 11.8 Å². The van der Waals surface area contributed by atoms with Gasteiger partial charge < -0.3 is 10.6 Å². The van der Waals surface area contributed by atoms with Gasteiger partial charge in [0.2, 0.25) is 0 Å². The number of nitrogens with one attached hydrogen (secondary N) is 1. The third-order valence-corrected chi connectivity index (χ3v) is 3.31. The summed E-state index contributed by atoms with van der Waals surface area (Å²) in [7, 11) is 2.00. The number of rotatable bonds is 5. The lowest BCUT2D eigenvalue weighted by Gasteiger charge is -2.27. The van der Waals surface area contributed by atoms with Crippen LogP contribution in [0.15, 0.2) is 18.3 Å². The lowest BCUT2D eigenvalue weighted by molar-refractivity contribution is 0.762. The van der Waals surface area contributed by atoms with Crippen molar-refractivity contribution in [1.29, 1.82) is 5.41 Å². The molecule has 0 radical (unpaired) electrons. The highest BCUT2D eigenvalue weighted by molar-refractivity contribution is 7.98. The summed E-state index contributed by atoms with van der Waals surface area (Å²) < 4.78 is 0. The van der Waals surface area contributed by atoms with Crippen molar-refractivity contribution in [1.82, 2.24) is 4.98 Å².